The van der Waals surface area contributed by atoms with E-state index in [0.29, 0.717) is 12.5 Å². The van der Waals surface area contributed by atoms with Gasteiger partial charge in [-0.1, -0.05) is 0 Å². The number of cyclic esters (lactones) is 1. The zero-order chi connectivity index (χ0) is 11.1. The highest BCUT2D eigenvalue weighted by molar-refractivity contribution is 5.73. The van der Waals surface area contributed by atoms with E-state index in [-0.39, 0.29) is 17.5 Å². The minimum Gasteiger partial charge on any atom is -0.460 e. The summed E-state index contributed by atoms with van der Waals surface area (Å²) in [6.45, 7) is 7.01. The normalized spacial score (nSPS) is 28.6. The molecule has 0 aromatic rings. The van der Waals surface area contributed by atoms with E-state index >= 15 is 0 Å². The molecular formula is C11H20N2O2. The van der Waals surface area contributed by atoms with Gasteiger partial charge in [0.25, 0.3) is 0 Å². The molecule has 0 saturated carbocycles. The molecule has 1 atom stereocenters. The van der Waals surface area contributed by atoms with Gasteiger partial charge in [-0.3, -0.25) is 4.79 Å². The molecule has 0 aromatic carbocycles. The smallest absolute Gasteiger partial charge is 0.306 e. The van der Waals surface area contributed by atoms with Crippen LogP contribution in [0.4, 0.5) is 0 Å². The van der Waals surface area contributed by atoms with Gasteiger partial charge >= 0.3 is 5.97 Å². The molecule has 0 aliphatic carbocycles. The fourth-order valence-electron chi connectivity index (χ4n) is 2.23. The maximum atomic E-state index is 11.3. The Labute approximate surface area is 91.0 Å². The second-order valence-electron chi connectivity index (χ2n) is 5.15. The molecule has 0 aromatic heterocycles. The van der Waals surface area contributed by atoms with Gasteiger partial charge in [0.05, 0.1) is 6.42 Å². The van der Waals surface area contributed by atoms with Crippen molar-refractivity contribution in [2.45, 2.75) is 32.4 Å². The van der Waals surface area contributed by atoms with E-state index in [9.17, 15) is 4.79 Å². The van der Waals surface area contributed by atoms with Gasteiger partial charge in [0, 0.05) is 31.1 Å². The highest BCUT2D eigenvalue weighted by Crippen LogP contribution is 2.39. The van der Waals surface area contributed by atoms with Crippen molar-refractivity contribution >= 4 is 5.97 Å². The van der Waals surface area contributed by atoms with E-state index in [1.807, 2.05) is 0 Å². The van der Waals surface area contributed by atoms with Crippen LogP contribution >= 0.6 is 0 Å². The fraction of sp³-hybridized carbons (Fsp3) is 0.909. The van der Waals surface area contributed by atoms with Gasteiger partial charge in [0.2, 0.25) is 0 Å². The zero-order valence-corrected chi connectivity index (χ0v) is 9.75. The summed E-state index contributed by atoms with van der Waals surface area (Å²) in [5.41, 5.74) is 0.0975. The molecule has 0 amide bonds. The molecule has 2 rings (SSSR count). The van der Waals surface area contributed by atoms with Crippen molar-refractivity contribution in [2.75, 3.05) is 26.7 Å². The lowest BCUT2D eigenvalue weighted by Crippen LogP contribution is -2.60. The molecule has 15 heavy (non-hydrogen) atoms. The Bertz CT molecular complexity index is 261. The molecule has 2 fully saturated rings. The van der Waals surface area contributed by atoms with Crippen LogP contribution in [0.3, 0.4) is 0 Å². The van der Waals surface area contributed by atoms with Crippen LogP contribution in [0.15, 0.2) is 0 Å². The summed E-state index contributed by atoms with van der Waals surface area (Å²) in [4.78, 5) is 13.6. The fourth-order valence-corrected chi connectivity index (χ4v) is 2.23. The number of nitrogens with zero attached hydrogens (tertiary/aromatic N) is 1. The van der Waals surface area contributed by atoms with Crippen molar-refractivity contribution < 1.29 is 9.53 Å². The van der Waals surface area contributed by atoms with Crippen LogP contribution in [0.5, 0.6) is 0 Å². The van der Waals surface area contributed by atoms with Crippen LogP contribution in [0.1, 0.15) is 20.3 Å². The van der Waals surface area contributed by atoms with Crippen molar-refractivity contribution in [1.29, 1.82) is 0 Å². The lowest BCUT2D eigenvalue weighted by Gasteiger charge is -2.42. The number of hydrogen-bond acceptors (Lipinski definition) is 4. The van der Waals surface area contributed by atoms with Gasteiger partial charge in [-0.25, -0.2) is 0 Å². The summed E-state index contributed by atoms with van der Waals surface area (Å²) in [7, 11) is 2.08. The molecule has 1 N–H and O–H groups in total. The first-order valence-corrected chi connectivity index (χ1v) is 5.64. The van der Waals surface area contributed by atoms with E-state index in [4.69, 9.17) is 4.74 Å². The van der Waals surface area contributed by atoms with Crippen molar-refractivity contribution in [3.63, 3.8) is 0 Å². The molecule has 4 nitrogen and oxygen atoms in total. The van der Waals surface area contributed by atoms with Crippen LogP contribution in [0.2, 0.25) is 0 Å². The first-order chi connectivity index (χ1) is 7.03. The molecule has 86 valence electrons. The van der Waals surface area contributed by atoms with Crippen LogP contribution in [0.25, 0.3) is 0 Å². The highest BCUT2D eigenvalue weighted by Gasteiger charge is 2.53. The third-order valence-electron chi connectivity index (χ3n) is 3.74. The average Bonchev–Trinajstić information content (AvgIpc) is 2.41. The number of likely N-dealkylation sites (N-methyl/N-ethyl adjacent to an activating group) is 1. The second kappa shape index (κ2) is 3.76. The molecule has 2 saturated heterocycles. The Balaban J connectivity index is 1.99. The Morgan fingerprint density at radius 2 is 2.27 bits per heavy atom. The number of hydrogen-bond donors (Lipinski definition) is 1. The topological polar surface area (TPSA) is 41.6 Å². The minimum atomic E-state index is -0.0290. The molecular weight excluding hydrogens is 192 g/mol. The molecule has 1 unspecified atom stereocenters. The summed E-state index contributed by atoms with van der Waals surface area (Å²) < 4.78 is 5.42. The van der Waals surface area contributed by atoms with Gasteiger partial charge in [-0.05, 0) is 20.9 Å². The number of carbonyl (C=O) groups excluding carboxylic acids is 1. The number of carbonyl (C=O) groups is 1. The lowest BCUT2D eigenvalue weighted by atomic mass is 9.75. The molecule has 2 aliphatic rings. The number of ether oxygens (including phenoxy) is 1. The molecule has 0 bridgehead atoms. The summed E-state index contributed by atoms with van der Waals surface area (Å²) in [5, 5.41) is 3.25. The Kier molecular flexibility index (Phi) is 2.73. The summed E-state index contributed by atoms with van der Waals surface area (Å²) in [6, 6.07) is 0.495. The molecule has 2 heterocycles. The Morgan fingerprint density at radius 3 is 2.73 bits per heavy atom. The van der Waals surface area contributed by atoms with Crippen molar-refractivity contribution in [3.05, 3.63) is 0 Å². The van der Waals surface area contributed by atoms with E-state index in [2.05, 4.69) is 31.1 Å². The van der Waals surface area contributed by atoms with Gasteiger partial charge in [0.1, 0.15) is 6.10 Å². The third kappa shape index (κ3) is 1.88. The lowest BCUT2D eigenvalue weighted by molar-refractivity contribution is -0.142. The Hall–Kier alpha value is -0.610. The molecule has 0 radical (unpaired) electrons. The Morgan fingerprint density at radius 1 is 1.60 bits per heavy atom. The SMILES string of the molecule is CC(C)N(C)CC1OC(=O)CC12CNC2. The zero-order valence-electron chi connectivity index (χ0n) is 9.75. The predicted octanol–water partition coefficient (Wildman–Crippen LogP) is 0.232. The van der Waals surface area contributed by atoms with Crippen LogP contribution in [-0.4, -0.2) is 49.7 Å². The van der Waals surface area contributed by atoms with Gasteiger partial charge in [-0.2, -0.15) is 0 Å². The molecule has 1 spiro atoms. The van der Waals surface area contributed by atoms with Crippen LogP contribution < -0.4 is 5.32 Å². The van der Waals surface area contributed by atoms with Crippen molar-refractivity contribution in [1.82, 2.24) is 10.2 Å². The van der Waals surface area contributed by atoms with E-state index < -0.39 is 0 Å². The van der Waals surface area contributed by atoms with Crippen LogP contribution in [0, 0.1) is 5.41 Å². The van der Waals surface area contributed by atoms with E-state index in [1.54, 1.807) is 0 Å². The molecule has 4 heteroatoms. The van der Waals surface area contributed by atoms with Crippen molar-refractivity contribution in [3.8, 4) is 0 Å². The van der Waals surface area contributed by atoms with Crippen LogP contribution in [-0.2, 0) is 9.53 Å². The largest absolute Gasteiger partial charge is 0.460 e. The molecule has 2 aliphatic heterocycles. The van der Waals surface area contributed by atoms with Gasteiger partial charge in [-0.15, -0.1) is 0 Å². The first-order valence-electron chi connectivity index (χ1n) is 5.64. The number of nitrogens with one attached hydrogen (secondary N) is 1. The number of esters is 1. The van der Waals surface area contributed by atoms with E-state index in [0.717, 1.165) is 19.6 Å². The minimum absolute atomic E-state index is 0.0290. The standard InChI is InChI=1S/C11H20N2O2/c1-8(2)13(3)5-9-11(6-12-7-11)4-10(14)15-9/h8-9,12H,4-7H2,1-3H3. The predicted molar refractivity (Wildman–Crippen MR) is 57.6 cm³/mol. The van der Waals surface area contributed by atoms with E-state index in [1.165, 1.54) is 0 Å². The highest BCUT2D eigenvalue weighted by atomic mass is 16.6. The maximum absolute atomic E-state index is 11.3. The average molecular weight is 212 g/mol. The quantitative estimate of drug-likeness (QED) is 0.680. The summed E-state index contributed by atoms with van der Waals surface area (Å²) in [5.74, 6) is -0.0290. The maximum Gasteiger partial charge on any atom is 0.306 e. The number of rotatable bonds is 3. The van der Waals surface area contributed by atoms with Crippen molar-refractivity contribution in [2.24, 2.45) is 5.41 Å². The summed E-state index contributed by atoms with van der Waals surface area (Å²) in [6.07, 6.45) is 0.676. The second-order valence-corrected chi connectivity index (χ2v) is 5.15. The van der Waals surface area contributed by atoms with Gasteiger partial charge in [0.15, 0.2) is 0 Å². The van der Waals surface area contributed by atoms with Gasteiger partial charge < -0.3 is 15.0 Å². The third-order valence-corrected chi connectivity index (χ3v) is 3.74. The monoisotopic (exact) mass is 212 g/mol. The summed E-state index contributed by atoms with van der Waals surface area (Å²) >= 11 is 0. The first kappa shape index (κ1) is 10.9.